The molecule has 1 aliphatic rings. The lowest BCUT2D eigenvalue weighted by atomic mass is 10.2. The Morgan fingerprint density at radius 2 is 1.92 bits per heavy atom. The van der Waals surface area contributed by atoms with Gasteiger partial charge in [-0.2, -0.15) is 4.98 Å². The number of rotatable bonds is 5. The first-order valence-corrected chi connectivity index (χ1v) is 7.75. The van der Waals surface area contributed by atoms with Crippen LogP contribution in [-0.2, 0) is 6.54 Å². The zero-order valence-corrected chi connectivity index (χ0v) is 13.2. The second kappa shape index (κ2) is 6.64. The highest BCUT2D eigenvalue weighted by Gasteiger charge is 2.13. The number of fused-ring (bicyclic) bond motifs is 1. The highest BCUT2D eigenvalue weighted by Crippen LogP contribution is 2.32. The maximum absolute atomic E-state index is 13.7. The molecule has 1 aromatic heterocycles. The first kappa shape index (κ1) is 15.2. The molecule has 2 N–H and O–H groups in total. The standard InChI is InChI=1S/C18H15FN4O2/c19-13-3-1-2-4-14(13)22-18-20-8-7-17(23-18)21-10-12-5-6-15-16(9-12)25-11-24-15/h1-9H,10-11H2,(H2,20,21,22,23). The molecule has 2 heterocycles. The second-order valence-electron chi connectivity index (χ2n) is 5.41. The summed E-state index contributed by atoms with van der Waals surface area (Å²) in [4.78, 5) is 8.45. The van der Waals surface area contributed by atoms with Gasteiger partial charge in [-0.3, -0.25) is 0 Å². The zero-order valence-electron chi connectivity index (χ0n) is 13.2. The van der Waals surface area contributed by atoms with Crippen LogP contribution in [0.2, 0.25) is 0 Å². The number of benzene rings is 2. The van der Waals surface area contributed by atoms with Gasteiger partial charge >= 0.3 is 0 Å². The minimum atomic E-state index is -0.357. The van der Waals surface area contributed by atoms with E-state index in [0.29, 0.717) is 24.0 Å². The summed E-state index contributed by atoms with van der Waals surface area (Å²) in [6, 6.07) is 13.9. The van der Waals surface area contributed by atoms with Gasteiger partial charge in [-0.15, -0.1) is 0 Å². The van der Waals surface area contributed by atoms with Crippen LogP contribution in [0.3, 0.4) is 0 Å². The molecule has 0 saturated heterocycles. The molecule has 0 unspecified atom stereocenters. The highest BCUT2D eigenvalue weighted by atomic mass is 19.1. The Bertz CT molecular complexity index is 904. The molecule has 0 atom stereocenters. The van der Waals surface area contributed by atoms with Crippen molar-refractivity contribution in [1.29, 1.82) is 0 Å². The SMILES string of the molecule is Fc1ccccc1Nc1nccc(NCc2ccc3c(c2)OCO3)n1. The number of halogens is 1. The van der Waals surface area contributed by atoms with E-state index in [0.717, 1.165) is 17.1 Å². The molecule has 0 amide bonds. The smallest absolute Gasteiger partial charge is 0.231 e. The van der Waals surface area contributed by atoms with Gasteiger partial charge in [0.05, 0.1) is 5.69 Å². The molecule has 2 aromatic carbocycles. The number of anilines is 3. The van der Waals surface area contributed by atoms with Crippen molar-refractivity contribution in [3.8, 4) is 11.5 Å². The van der Waals surface area contributed by atoms with E-state index in [4.69, 9.17) is 9.47 Å². The van der Waals surface area contributed by atoms with E-state index >= 15 is 0 Å². The van der Waals surface area contributed by atoms with E-state index < -0.39 is 0 Å². The first-order valence-electron chi connectivity index (χ1n) is 7.75. The van der Waals surface area contributed by atoms with Crippen LogP contribution in [0.1, 0.15) is 5.56 Å². The topological polar surface area (TPSA) is 68.3 Å². The summed E-state index contributed by atoms with van der Waals surface area (Å²) in [5, 5.41) is 6.08. The zero-order chi connectivity index (χ0) is 17.1. The lowest BCUT2D eigenvalue weighted by Crippen LogP contribution is -2.04. The molecule has 126 valence electrons. The summed E-state index contributed by atoms with van der Waals surface area (Å²) in [7, 11) is 0. The quantitative estimate of drug-likeness (QED) is 0.739. The number of ether oxygens (including phenoxy) is 2. The molecule has 0 fully saturated rings. The molecule has 0 saturated carbocycles. The summed E-state index contributed by atoms with van der Waals surface area (Å²) in [5.41, 5.74) is 1.36. The van der Waals surface area contributed by atoms with Crippen molar-refractivity contribution in [1.82, 2.24) is 9.97 Å². The fourth-order valence-electron chi connectivity index (χ4n) is 2.44. The summed E-state index contributed by atoms with van der Waals surface area (Å²) in [6.07, 6.45) is 1.61. The summed E-state index contributed by atoms with van der Waals surface area (Å²) in [6.45, 7) is 0.815. The van der Waals surface area contributed by atoms with Gasteiger partial charge < -0.3 is 20.1 Å². The molecule has 6 nitrogen and oxygen atoms in total. The van der Waals surface area contributed by atoms with Crippen molar-refractivity contribution in [2.45, 2.75) is 6.54 Å². The van der Waals surface area contributed by atoms with Crippen LogP contribution in [0.15, 0.2) is 54.7 Å². The van der Waals surface area contributed by atoms with Gasteiger partial charge in [-0.05, 0) is 35.9 Å². The lowest BCUT2D eigenvalue weighted by molar-refractivity contribution is 0.174. The molecule has 3 aromatic rings. The lowest BCUT2D eigenvalue weighted by Gasteiger charge is -2.09. The number of nitrogens with one attached hydrogen (secondary N) is 2. The minimum Gasteiger partial charge on any atom is -0.454 e. The molecular weight excluding hydrogens is 323 g/mol. The fraction of sp³-hybridized carbons (Fsp3) is 0.111. The van der Waals surface area contributed by atoms with Crippen molar-refractivity contribution in [2.24, 2.45) is 0 Å². The minimum absolute atomic E-state index is 0.253. The maximum Gasteiger partial charge on any atom is 0.231 e. The van der Waals surface area contributed by atoms with Crippen molar-refractivity contribution in [3.63, 3.8) is 0 Å². The van der Waals surface area contributed by atoms with Crippen LogP contribution in [0.5, 0.6) is 11.5 Å². The predicted molar refractivity (Wildman–Crippen MR) is 91.6 cm³/mol. The van der Waals surface area contributed by atoms with Crippen LogP contribution >= 0.6 is 0 Å². The van der Waals surface area contributed by atoms with Crippen LogP contribution < -0.4 is 20.1 Å². The largest absolute Gasteiger partial charge is 0.454 e. The van der Waals surface area contributed by atoms with Crippen LogP contribution in [0.25, 0.3) is 0 Å². The Balaban J connectivity index is 1.44. The van der Waals surface area contributed by atoms with E-state index in [9.17, 15) is 4.39 Å². The molecule has 7 heteroatoms. The Kier molecular flexibility index (Phi) is 4.04. The molecule has 0 spiro atoms. The number of aromatic nitrogens is 2. The number of nitrogens with zero attached hydrogens (tertiary/aromatic N) is 2. The van der Waals surface area contributed by atoms with Gasteiger partial charge in [0.25, 0.3) is 0 Å². The molecule has 25 heavy (non-hydrogen) atoms. The monoisotopic (exact) mass is 338 g/mol. The molecule has 4 rings (SSSR count). The van der Waals surface area contributed by atoms with Gasteiger partial charge in [0, 0.05) is 12.7 Å². The second-order valence-corrected chi connectivity index (χ2v) is 5.41. The van der Waals surface area contributed by atoms with Crippen LogP contribution in [0, 0.1) is 5.82 Å². The fourth-order valence-corrected chi connectivity index (χ4v) is 2.44. The summed E-state index contributed by atoms with van der Waals surface area (Å²) in [5.74, 6) is 2.09. The van der Waals surface area contributed by atoms with Gasteiger partial charge in [0.2, 0.25) is 12.7 Å². The Morgan fingerprint density at radius 1 is 1.04 bits per heavy atom. The Labute approximate surface area is 143 Å². The van der Waals surface area contributed by atoms with Crippen molar-refractivity contribution in [3.05, 3.63) is 66.1 Å². The number of hydrogen-bond donors (Lipinski definition) is 2. The van der Waals surface area contributed by atoms with Crippen molar-refractivity contribution < 1.29 is 13.9 Å². The third-order valence-electron chi connectivity index (χ3n) is 3.69. The predicted octanol–water partition coefficient (Wildman–Crippen LogP) is 3.70. The van der Waals surface area contributed by atoms with Crippen molar-refractivity contribution in [2.75, 3.05) is 17.4 Å². The molecule has 1 aliphatic heterocycles. The van der Waals surface area contributed by atoms with Crippen LogP contribution in [0.4, 0.5) is 21.8 Å². The third kappa shape index (κ3) is 3.45. The van der Waals surface area contributed by atoms with E-state index in [-0.39, 0.29) is 12.6 Å². The van der Waals surface area contributed by atoms with Gasteiger partial charge in [0.15, 0.2) is 11.5 Å². The van der Waals surface area contributed by atoms with E-state index in [1.807, 2.05) is 18.2 Å². The van der Waals surface area contributed by atoms with Crippen LogP contribution in [-0.4, -0.2) is 16.8 Å². The third-order valence-corrected chi connectivity index (χ3v) is 3.69. The van der Waals surface area contributed by atoms with E-state index in [2.05, 4.69) is 20.6 Å². The van der Waals surface area contributed by atoms with E-state index in [1.165, 1.54) is 6.07 Å². The van der Waals surface area contributed by atoms with Crippen molar-refractivity contribution >= 4 is 17.5 Å². The summed E-state index contributed by atoms with van der Waals surface area (Å²) >= 11 is 0. The number of hydrogen-bond acceptors (Lipinski definition) is 6. The molecule has 0 aliphatic carbocycles. The Hall–Kier alpha value is -3.35. The Morgan fingerprint density at radius 3 is 2.84 bits per heavy atom. The first-order chi connectivity index (χ1) is 12.3. The highest BCUT2D eigenvalue weighted by molar-refractivity contribution is 5.55. The normalized spacial score (nSPS) is 12.0. The van der Waals surface area contributed by atoms with Gasteiger partial charge in [0.1, 0.15) is 11.6 Å². The number of para-hydroxylation sites is 1. The maximum atomic E-state index is 13.7. The van der Waals surface area contributed by atoms with Gasteiger partial charge in [-0.1, -0.05) is 18.2 Å². The average Bonchev–Trinajstić information content (AvgIpc) is 3.10. The van der Waals surface area contributed by atoms with E-state index in [1.54, 1.807) is 30.5 Å². The molecular formula is C18H15FN4O2. The average molecular weight is 338 g/mol. The summed E-state index contributed by atoms with van der Waals surface area (Å²) < 4.78 is 24.4. The molecule has 0 bridgehead atoms. The van der Waals surface area contributed by atoms with Gasteiger partial charge in [-0.25, -0.2) is 9.37 Å². The molecule has 0 radical (unpaired) electrons.